The Balaban J connectivity index is 1.99. The van der Waals surface area contributed by atoms with E-state index >= 15 is 0 Å². The van der Waals surface area contributed by atoms with Gasteiger partial charge >= 0.3 is 6.03 Å². The van der Waals surface area contributed by atoms with Crippen molar-refractivity contribution in [3.63, 3.8) is 0 Å². The molecule has 1 N–H and O–H groups in total. The van der Waals surface area contributed by atoms with E-state index in [1.54, 1.807) is 23.4 Å². The van der Waals surface area contributed by atoms with Crippen molar-refractivity contribution in [3.8, 4) is 0 Å². The summed E-state index contributed by atoms with van der Waals surface area (Å²) in [5, 5.41) is 2.82. The molecule has 0 atom stereocenters. The van der Waals surface area contributed by atoms with Gasteiger partial charge in [0.25, 0.3) is 0 Å². The first-order valence-electron chi connectivity index (χ1n) is 5.00. The molecule has 0 unspecified atom stereocenters. The van der Waals surface area contributed by atoms with Crippen molar-refractivity contribution >= 4 is 27.6 Å². The van der Waals surface area contributed by atoms with Gasteiger partial charge in [0.15, 0.2) is 0 Å². The highest BCUT2D eigenvalue weighted by molar-refractivity contribution is 9.10. The summed E-state index contributed by atoms with van der Waals surface area (Å²) in [6.45, 7) is 2.47. The summed E-state index contributed by atoms with van der Waals surface area (Å²) in [7, 11) is 0. The third-order valence-corrected chi connectivity index (χ3v) is 2.94. The Morgan fingerprint density at radius 1 is 1.50 bits per heavy atom. The van der Waals surface area contributed by atoms with E-state index in [0.29, 0.717) is 26.3 Å². The second kappa shape index (κ2) is 5.27. The zero-order chi connectivity index (χ0) is 11.4. The molecule has 1 aromatic rings. The van der Waals surface area contributed by atoms with E-state index in [-0.39, 0.29) is 6.03 Å². The summed E-state index contributed by atoms with van der Waals surface area (Å²) in [5.41, 5.74) is 0.728. The average Bonchev–Trinajstić information content (AvgIpc) is 2.33. The smallest absolute Gasteiger partial charge is 0.322 e. The van der Waals surface area contributed by atoms with Crippen LogP contribution in [0.25, 0.3) is 0 Å². The third kappa shape index (κ3) is 2.70. The topological polar surface area (TPSA) is 54.5 Å². The fraction of sp³-hybridized carbons (Fsp3) is 0.400. The standard InChI is InChI=1S/C10H12BrN3O2/c11-8-7-12-2-1-9(8)13-10(15)14-3-5-16-6-4-14/h1-2,7H,3-6H2,(H,12,13,15). The van der Waals surface area contributed by atoms with Crippen molar-refractivity contribution < 1.29 is 9.53 Å². The molecule has 86 valence electrons. The summed E-state index contributed by atoms with van der Waals surface area (Å²) >= 11 is 3.33. The van der Waals surface area contributed by atoms with Crippen molar-refractivity contribution in [2.75, 3.05) is 31.6 Å². The van der Waals surface area contributed by atoms with Crippen LogP contribution in [0.2, 0.25) is 0 Å². The summed E-state index contributed by atoms with van der Waals surface area (Å²) in [5.74, 6) is 0. The highest BCUT2D eigenvalue weighted by atomic mass is 79.9. The number of nitrogens with one attached hydrogen (secondary N) is 1. The second-order valence-corrected chi connectivity index (χ2v) is 4.24. The van der Waals surface area contributed by atoms with Gasteiger partial charge in [-0.1, -0.05) is 0 Å². The molecule has 0 bridgehead atoms. The number of aromatic nitrogens is 1. The molecule has 1 saturated heterocycles. The number of anilines is 1. The van der Waals surface area contributed by atoms with Crippen LogP contribution < -0.4 is 5.32 Å². The lowest BCUT2D eigenvalue weighted by molar-refractivity contribution is 0.0564. The SMILES string of the molecule is O=C(Nc1ccncc1Br)N1CCOCC1. The van der Waals surface area contributed by atoms with E-state index in [4.69, 9.17) is 4.74 Å². The molecular weight excluding hydrogens is 274 g/mol. The molecule has 6 heteroatoms. The molecule has 1 fully saturated rings. The number of hydrogen-bond acceptors (Lipinski definition) is 3. The Hall–Kier alpha value is -1.14. The van der Waals surface area contributed by atoms with Crippen molar-refractivity contribution in [2.24, 2.45) is 0 Å². The van der Waals surface area contributed by atoms with Crippen LogP contribution in [0, 0.1) is 0 Å². The van der Waals surface area contributed by atoms with Gasteiger partial charge in [-0.05, 0) is 22.0 Å². The van der Waals surface area contributed by atoms with Gasteiger partial charge in [0.2, 0.25) is 0 Å². The summed E-state index contributed by atoms with van der Waals surface area (Å²) in [6.07, 6.45) is 3.29. The Morgan fingerprint density at radius 2 is 2.25 bits per heavy atom. The van der Waals surface area contributed by atoms with Gasteiger partial charge in [-0.2, -0.15) is 0 Å². The van der Waals surface area contributed by atoms with Crippen LogP contribution in [0.1, 0.15) is 0 Å². The van der Waals surface area contributed by atoms with E-state index in [1.165, 1.54) is 0 Å². The normalized spacial score (nSPS) is 15.9. The Bertz CT molecular complexity index is 380. The molecule has 1 aliphatic rings. The minimum atomic E-state index is -0.102. The fourth-order valence-electron chi connectivity index (χ4n) is 1.44. The number of morpholine rings is 1. The van der Waals surface area contributed by atoms with Gasteiger partial charge in [-0.25, -0.2) is 4.79 Å². The molecule has 2 amide bonds. The number of carbonyl (C=O) groups excluding carboxylic acids is 1. The molecule has 0 spiro atoms. The fourth-order valence-corrected chi connectivity index (χ4v) is 1.79. The molecule has 0 radical (unpaired) electrons. The molecule has 1 aromatic heterocycles. The second-order valence-electron chi connectivity index (χ2n) is 3.39. The first kappa shape index (κ1) is 11.3. The van der Waals surface area contributed by atoms with Gasteiger partial charge < -0.3 is 15.0 Å². The number of nitrogens with zero attached hydrogens (tertiary/aromatic N) is 2. The number of halogens is 1. The maximum absolute atomic E-state index is 11.8. The number of hydrogen-bond donors (Lipinski definition) is 1. The Morgan fingerprint density at radius 3 is 2.94 bits per heavy atom. The van der Waals surface area contributed by atoms with E-state index in [0.717, 1.165) is 10.2 Å². The molecule has 1 aliphatic heterocycles. The van der Waals surface area contributed by atoms with Gasteiger partial charge in [-0.15, -0.1) is 0 Å². The maximum atomic E-state index is 11.8. The summed E-state index contributed by atoms with van der Waals surface area (Å²) in [4.78, 5) is 17.5. The highest BCUT2D eigenvalue weighted by Crippen LogP contribution is 2.20. The molecule has 2 heterocycles. The molecular formula is C10H12BrN3O2. The van der Waals surface area contributed by atoms with Crippen LogP contribution >= 0.6 is 15.9 Å². The van der Waals surface area contributed by atoms with Gasteiger partial charge in [-0.3, -0.25) is 4.98 Å². The number of carbonyl (C=O) groups is 1. The van der Waals surface area contributed by atoms with Crippen LogP contribution in [0.15, 0.2) is 22.9 Å². The molecule has 5 nitrogen and oxygen atoms in total. The van der Waals surface area contributed by atoms with Crippen LogP contribution in [0.5, 0.6) is 0 Å². The number of amides is 2. The highest BCUT2D eigenvalue weighted by Gasteiger charge is 2.17. The van der Waals surface area contributed by atoms with Gasteiger partial charge in [0.1, 0.15) is 0 Å². The molecule has 0 aliphatic carbocycles. The zero-order valence-electron chi connectivity index (χ0n) is 8.65. The minimum Gasteiger partial charge on any atom is -0.378 e. The van der Waals surface area contributed by atoms with Crippen LogP contribution in [0.4, 0.5) is 10.5 Å². The maximum Gasteiger partial charge on any atom is 0.322 e. The number of urea groups is 1. The predicted molar refractivity (Wildman–Crippen MR) is 63.3 cm³/mol. The lowest BCUT2D eigenvalue weighted by atomic mass is 10.4. The first-order valence-corrected chi connectivity index (χ1v) is 5.80. The van der Waals surface area contributed by atoms with Crippen LogP contribution in [-0.2, 0) is 4.74 Å². The lowest BCUT2D eigenvalue weighted by Crippen LogP contribution is -2.43. The summed E-state index contributed by atoms with van der Waals surface area (Å²) < 4.78 is 5.96. The minimum absolute atomic E-state index is 0.102. The summed E-state index contributed by atoms with van der Waals surface area (Å²) in [6, 6.07) is 1.65. The van der Waals surface area contributed by atoms with E-state index < -0.39 is 0 Å². The number of pyridine rings is 1. The first-order chi connectivity index (χ1) is 7.77. The van der Waals surface area contributed by atoms with E-state index in [2.05, 4.69) is 26.2 Å². The molecule has 16 heavy (non-hydrogen) atoms. The number of rotatable bonds is 1. The van der Waals surface area contributed by atoms with Crippen LogP contribution in [0.3, 0.4) is 0 Å². The molecule has 2 rings (SSSR count). The number of ether oxygens (including phenoxy) is 1. The van der Waals surface area contributed by atoms with Crippen molar-refractivity contribution in [2.45, 2.75) is 0 Å². The Kier molecular flexibility index (Phi) is 3.74. The quantitative estimate of drug-likeness (QED) is 0.855. The largest absolute Gasteiger partial charge is 0.378 e. The molecule has 0 aromatic carbocycles. The Labute approximate surface area is 102 Å². The van der Waals surface area contributed by atoms with Crippen molar-refractivity contribution in [1.82, 2.24) is 9.88 Å². The van der Waals surface area contributed by atoms with Crippen molar-refractivity contribution in [3.05, 3.63) is 22.9 Å². The van der Waals surface area contributed by atoms with Gasteiger partial charge in [0.05, 0.1) is 23.4 Å². The monoisotopic (exact) mass is 285 g/mol. The van der Waals surface area contributed by atoms with Gasteiger partial charge in [0, 0.05) is 25.5 Å². The average molecular weight is 286 g/mol. The predicted octanol–water partition coefficient (Wildman–Crippen LogP) is 1.71. The lowest BCUT2D eigenvalue weighted by Gasteiger charge is -2.27. The van der Waals surface area contributed by atoms with Crippen LogP contribution in [-0.4, -0.2) is 42.2 Å². The third-order valence-electron chi connectivity index (χ3n) is 2.31. The van der Waals surface area contributed by atoms with E-state index in [9.17, 15) is 4.79 Å². The molecule has 0 saturated carbocycles. The van der Waals surface area contributed by atoms with Crippen molar-refractivity contribution in [1.29, 1.82) is 0 Å². The zero-order valence-corrected chi connectivity index (χ0v) is 10.2. The van der Waals surface area contributed by atoms with E-state index in [1.807, 2.05) is 0 Å².